The Bertz CT molecular complexity index is 531. The first kappa shape index (κ1) is 10.3. The number of benzene rings is 1. The zero-order valence-corrected chi connectivity index (χ0v) is 9.69. The van der Waals surface area contributed by atoms with Gasteiger partial charge in [0.25, 0.3) is 0 Å². The molecular weight excluding hydrogens is 228 g/mol. The van der Waals surface area contributed by atoms with Crippen LogP contribution in [0.3, 0.4) is 0 Å². The normalized spacial score (nSPS) is 10.3. The summed E-state index contributed by atoms with van der Waals surface area (Å²) in [6, 6.07) is 9.51. The summed E-state index contributed by atoms with van der Waals surface area (Å²) in [5.74, 6) is 0. The Balaban J connectivity index is 2.50. The molecule has 4 heteroatoms. The molecule has 1 N–H and O–H groups in total. The Morgan fingerprint density at radius 2 is 1.93 bits per heavy atom. The lowest BCUT2D eigenvalue weighted by molar-refractivity contribution is 1.01. The monoisotopic (exact) mass is 236 g/mol. The van der Waals surface area contributed by atoms with Gasteiger partial charge in [-0.1, -0.05) is 36.0 Å². The highest BCUT2D eigenvalue weighted by Crippen LogP contribution is 2.19. The molecule has 0 aliphatic rings. The van der Waals surface area contributed by atoms with Crippen LogP contribution in [0.15, 0.2) is 30.3 Å². The predicted molar refractivity (Wildman–Crippen MR) is 64.6 cm³/mol. The fraction of sp³-hybridized carbons (Fsp3) is 0.0909. The number of halogens is 1. The number of hydrogen-bond acceptors (Lipinski definition) is 2. The van der Waals surface area contributed by atoms with Gasteiger partial charge in [-0.2, -0.15) is 5.10 Å². The summed E-state index contributed by atoms with van der Waals surface area (Å²) in [6.07, 6.45) is 0. The summed E-state index contributed by atoms with van der Waals surface area (Å²) in [5, 5.41) is 7.70. The van der Waals surface area contributed by atoms with Gasteiger partial charge in [-0.25, -0.2) is 0 Å². The zero-order chi connectivity index (χ0) is 10.8. The van der Waals surface area contributed by atoms with Gasteiger partial charge in [0.15, 0.2) is 0 Å². The van der Waals surface area contributed by atoms with E-state index in [0.717, 1.165) is 21.8 Å². The van der Waals surface area contributed by atoms with Gasteiger partial charge in [-0.15, -0.1) is 0 Å². The van der Waals surface area contributed by atoms with Crippen LogP contribution in [-0.2, 0) is 0 Å². The van der Waals surface area contributed by atoms with E-state index in [-0.39, 0.29) is 0 Å². The number of hydrogen-bond donors (Lipinski definition) is 1. The van der Waals surface area contributed by atoms with Crippen molar-refractivity contribution in [1.29, 1.82) is 0 Å². The van der Waals surface area contributed by atoms with E-state index in [1.165, 1.54) is 0 Å². The Morgan fingerprint density at radius 1 is 1.27 bits per heavy atom. The molecule has 76 valence electrons. The van der Waals surface area contributed by atoms with Crippen molar-refractivity contribution in [3.63, 3.8) is 0 Å². The molecule has 0 radical (unpaired) electrons. The first-order valence-electron chi connectivity index (χ1n) is 4.49. The van der Waals surface area contributed by atoms with Crippen molar-refractivity contribution in [2.45, 2.75) is 6.92 Å². The molecule has 2 aromatic rings. The standard InChI is InChI=1S/C11H9ClN2S/c1-7-6-10(13-14-11(7)15)8-2-4-9(12)5-3-8/h2-6H,1H3,(H,14,15). The molecule has 0 aliphatic heterocycles. The predicted octanol–water partition coefficient (Wildman–Crippen LogP) is 3.77. The van der Waals surface area contributed by atoms with E-state index in [9.17, 15) is 0 Å². The molecule has 2 rings (SSSR count). The molecule has 0 amide bonds. The van der Waals surface area contributed by atoms with E-state index in [4.69, 9.17) is 23.8 Å². The minimum absolute atomic E-state index is 0.674. The molecular formula is C11H9ClN2S. The van der Waals surface area contributed by atoms with E-state index in [1.807, 2.05) is 37.3 Å². The average Bonchev–Trinajstić information content (AvgIpc) is 2.23. The number of aromatic nitrogens is 2. The number of aryl methyl sites for hydroxylation is 1. The first-order valence-corrected chi connectivity index (χ1v) is 5.28. The number of rotatable bonds is 1. The fourth-order valence-electron chi connectivity index (χ4n) is 1.27. The Morgan fingerprint density at radius 3 is 2.53 bits per heavy atom. The largest absolute Gasteiger partial charge is 0.267 e. The SMILES string of the molecule is Cc1cc(-c2ccc(Cl)cc2)n[nH]c1=S. The van der Waals surface area contributed by atoms with Crippen LogP contribution in [0.1, 0.15) is 5.56 Å². The van der Waals surface area contributed by atoms with Crippen LogP contribution in [0, 0.1) is 11.6 Å². The molecule has 0 atom stereocenters. The summed E-state index contributed by atoms with van der Waals surface area (Å²) in [6.45, 7) is 1.96. The second kappa shape index (κ2) is 4.13. The lowest BCUT2D eigenvalue weighted by atomic mass is 10.1. The molecule has 0 aliphatic carbocycles. The number of aromatic amines is 1. The Kier molecular flexibility index (Phi) is 2.84. The smallest absolute Gasteiger partial charge is 0.122 e. The molecule has 1 heterocycles. The highest BCUT2D eigenvalue weighted by atomic mass is 35.5. The molecule has 0 unspecified atom stereocenters. The minimum Gasteiger partial charge on any atom is -0.267 e. The zero-order valence-electron chi connectivity index (χ0n) is 8.12. The van der Waals surface area contributed by atoms with E-state index in [1.54, 1.807) is 0 Å². The molecule has 0 saturated heterocycles. The highest BCUT2D eigenvalue weighted by Gasteiger charge is 2.00. The van der Waals surface area contributed by atoms with Crippen LogP contribution in [0.25, 0.3) is 11.3 Å². The van der Waals surface area contributed by atoms with Crippen molar-refractivity contribution < 1.29 is 0 Å². The molecule has 0 bridgehead atoms. The van der Waals surface area contributed by atoms with Crippen molar-refractivity contribution in [1.82, 2.24) is 10.2 Å². The molecule has 1 aromatic carbocycles. The Hall–Kier alpha value is -1.19. The van der Waals surface area contributed by atoms with Gasteiger partial charge in [0.05, 0.1) is 5.69 Å². The van der Waals surface area contributed by atoms with Gasteiger partial charge in [-0.3, -0.25) is 5.10 Å². The molecule has 2 nitrogen and oxygen atoms in total. The second-order valence-electron chi connectivity index (χ2n) is 3.27. The number of H-pyrrole nitrogens is 1. The minimum atomic E-state index is 0.674. The number of nitrogens with one attached hydrogen (secondary N) is 1. The maximum atomic E-state index is 5.81. The summed E-state index contributed by atoms with van der Waals surface area (Å²) in [5.41, 5.74) is 2.91. The van der Waals surface area contributed by atoms with Crippen molar-refractivity contribution >= 4 is 23.8 Å². The van der Waals surface area contributed by atoms with E-state index in [2.05, 4.69) is 10.2 Å². The maximum absolute atomic E-state index is 5.81. The third-order valence-electron chi connectivity index (χ3n) is 2.13. The van der Waals surface area contributed by atoms with Gasteiger partial charge in [-0.05, 0) is 30.7 Å². The molecule has 1 aromatic heterocycles. The van der Waals surface area contributed by atoms with Crippen molar-refractivity contribution in [3.8, 4) is 11.3 Å². The van der Waals surface area contributed by atoms with Crippen LogP contribution < -0.4 is 0 Å². The van der Waals surface area contributed by atoms with Crippen molar-refractivity contribution in [2.75, 3.05) is 0 Å². The number of nitrogens with zero attached hydrogens (tertiary/aromatic N) is 1. The molecule has 15 heavy (non-hydrogen) atoms. The van der Waals surface area contributed by atoms with Crippen LogP contribution >= 0.6 is 23.8 Å². The lowest BCUT2D eigenvalue weighted by Gasteiger charge is -2.01. The van der Waals surface area contributed by atoms with Crippen molar-refractivity contribution in [2.24, 2.45) is 0 Å². The van der Waals surface area contributed by atoms with Gasteiger partial charge >= 0.3 is 0 Å². The maximum Gasteiger partial charge on any atom is 0.122 e. The highest BCUT2D eigenvalue weighted by molar-refractivity contribution is 7.71. The van der Waals surface area contributed by atoms with Gasteiger partial charge < -0.3 is 0 Å². The van der Waals surface area contributed by atoms with Crippen LogP contribution in [-0.4, -0.2) is 10.2 Å². The third kappa shape index (κ3) is 2.25. The van der Waals surface area contributed by atoms with Crippen molar-refractivity contribution in [3.05, 3.63) is 45.6 Å². The quantitative estimate of drug-likeness (QED) is 0.764. The van der Waals surface area contributed by atoms with Gasteiger partial charge in [0.2, 0.25) is 0 Å². The Labute approximate surface area is 97.9 Å². The summed E-state index contributed by atoms with van der Waals surface area (Å²) >= 11 is 10.9. The van der Waals surface area contributed by atoms with E-state index in [0.29, 0.717) is 4.64 Å². The fourth-order valence-corrected chi connectivity index (χ4v) is 1.50. The summed E-state index contributed by atoms with van der Waals surface area (Å²) in [4.78, 5) is 0. The van der Waals surface area contributed by atoms with Crippen LogP contribution in [0.5, 0.6) is 0 Å². The van der Waals surface area contributed by atoms with Crippen LogP contribution in [0.4, 0.5) is 0 Å². The molecule has 0 spiro atoms. The second-order valence-corrected chi connectivity index (χ2v) is 4.12. The molecule has 0 saturated carbocycles. The van der Waals surface area contributed by atoms with Gasteiger partial charge in [0, 0.05) is 10.6 Å². The van der Waals surface area contributed by atoms with Gasteiger partial charge in [0.1, 0.15) is 4.64 Å². The first-order chi connectivity index (χ1) is 7.16. The van der Waals surface area contributed by atoms with Crippen LogP contribution in [0.2, 0.25) is 5.02 Å². The summed E-state index contributed by atoms with van der Waals surface area (Å²) in [7, 11) is 0. The van der Waals surface area contributed by atoms with E-state index >= 15 is 0 Å². The molecule has 0 fully saturated rings. The third-order valence-corrected chi connectivity index (χ3v) is 2.79. The van der Waals surface area contributed by atoms with E-state index < -0.39 is 0 Å². The topological polar surface area (TPSA) is 28.7 Å². The lowest BCUT2D eigenvalue weighted by Crippen LogP contribution is -1.90. The average molecular weight is 237 g/mol. The summed E-state index contributed by atoms with van der Waals surface area (Å²) < 4.78 is 0.674.